The van der Waals surface area contributed by atoms with Gasteiger partial charge in [-0.1, -0.05) is 36.4 Å². The van der Waals surface area contributed by atoms with Crippen LogP contribution in [0.1, 0.15) is 33.7 Å². The Morgan fingerprint density at radius 3 is 2.53 bits per heavy atom. The van der Waals surface area contributed by atoms with Crippen molar-refractivity contribution in [2.75, 3.05) is 7.05 Å². The van der Waals surface area contributed by atoms with E-state index in [1.54, 1.807) is 17.8 Å². The first-order chi connectivity index (χ1) is 14.3. The lowest BCUT2D eigenvalue weighted by molar-refractivity contribution is -0.275. The van der Waals surface area contributed by atoms with Crippen LogP contribution < -0.4 is 4.74 Å². The van der Waals surface area contributed by atoms with Crippen LogP contribution in [0.2, 0.25) is 0 Å². The maximum atomic E-state index is 13.1. The zero-order valence-electron chi connectivity index (χ0n) is 16.3. The Morgan fingerprint density at radius 1 is 1.10 bits per heavy atom. The summed E-state index contributed by atoms with van der Waals surface area (Å²) in [5.41, 5.74) is 3.42. The van der Waals surface area contributed by atoms with Gasteiger partial charge in [0.2, 0.25) is 0 Å². The maximum absolute atomic E-state index is 13.1. The molecule has 0 unspecified atom stereocenters. The van der Waals surface area contributed by atoms with E-state index in [4.69, 9.17) is 0 Å². The first-order valence-corrected chi connectivity index (χ1v) is 9.59. The summed E-state index contributed by atoms with van der Waals surface area (Å²) < 4.78 is 43.9. The minimum atomic E-state index is -4.80. The highest BCUT2D eigenvalue weighted by molar-refractivity contribution is 5.94. The average Bonchev–Trinajstić information content (AvgIpc) is 3.31. The highest BCUT2D eigenvalue weighted by Crippen LogP contribution is 2.30. The van der Waals surface area contributed by atoms with E-state index in [-0.39, 0.29) is 23.8 Å². The number of hydrogen-bond acceptors (Lipinski definition) is 3. The Hall–Kier alpha value is -3.29. The van der Waals surface area contributed by atoms with E-state index in [0.717, 1.165) is 36.2 Å². The molecule has 0 atom stereocenters. The standard InChI is InChI=1S/C22H20F3N3O2/c1-27(14-15-8-5-6-13-19(15)30-22(23,24)25)21(29)20-17-11-7-12-18(17)28(26-20)16-9-3-2-4-10-16/h2-6,8-10,13H,7,11-12,14H2,1H3. The van der Waals surface area contributed by atoms with Gasteiger partial charge in [0.25, 0.3) is 5.91 Å². The van der Waals surface area contributed by atoms with Gasteiger partial charge in [-0.05, 0) is 37.5 Å². The molecule has 1 amide bonds. The predicted molar refractivity (Wildman–Crippen MR) is 105 cm³/mol. The zero-order chi connectivity index (χ0) is 21.3. The van der Waals surface area contributed by atoms with Gasteiger partial charge in [0, 0.05) is 30.4 Å². The Labute approximate surface area is 171 Å². The minimum absolute atomic E-state index is 0.0297. The van der Waals surface area contributed by atoms with E-state index in [1.165, 1.54) is 23.1 Å². The number of hydrogen-bond donors (Lipinski definition) is 0. The summed E-state index contributed by atoms with van der Waals surface area (Å²) in [7, 11) is 1.55. The second-order valence-corrected chi connectivity index (χ2v) is 7.19. The van der Waals surface area contributed by atoms with Crippen molar-refractivity contribution in [1.29, 1.82) is 0 Å². The summed E-state index contributed by atoms with van der Waals surface area (Å²) in [5.74, 6) is -0.644. The maximum Gasteiger partial charge on any atom is 0.573 e. The molecule has 156 valence electrons. The number of halogens is 3. The van der Waals surface area contributed by atoms with E-state index >= 15 is 0 Å². The lowest BCUT2D eigenvalue weighted by Crippen LogP contribution is -2.28. The Morgan fingerprint density at radius 2 is 1.80 bits per heavy atom. The number of nitrogens with zero attached hydrogens (tertiary/aromatic N) is 3. The molecule has 0 radical (unpaired) electrons. The number of carbonyl (C=O) groups is 1. The van der Waals surface area contributed by atoms with Gasteiger partial charge in [-0.15, -0.1) is 13.2 Å². The number of alkyl halides is 3. The Kier molecular flexibility index (Phi) is 5.24. The van der Waals surface area contributed by atoms with E-state index < -0.39 is 6.36 Å². The molecule has 4 rings (SSSR count). The third kappa shape index (κ3) is 4.03. The van der Waals surface area contributed by atoms with Crippen molar-refractivity contribution >= 4 is 5.91 Å². The fourth-order valence-corrected chi connectivity index (χ4v) is 3.76. The zero-order valence-corrected chi connectivity index (χ0v) is 16.3. The summed E-state index contributed by atoms with van der Waals surface area (Å²) in [4.78, 5) is 14.5. The fraction of sp³-hybridized carbons (Fsp3) is 0.273. The van der Waals surface area contributed by atoms with E-state index in [0.29, 0.717) is 5.69 Å². The quantitative estimate of drug-likeness (QED) is 0.615. The molecular weight excluding hydrogens is 395 g/mol. The van der Waals surface area contributed by atoms with Crippen LogP contribution in [0.3, 0.4) is 0 Å². The van der Waals surface area contributed by atoms with Crippen molar-refractivity contribution in [1.82, 2.24) is 14.7 Å². The molecule has 0 bridgehead atoms. The second-order valence-electron chi connectivity index (χ2n) is 7.19. The van der Waals surface area contributed by atoms with Gasteiger partial charge in [0.1, 0.15) is 5.75 Å². The molecule has 3 aromatic rings. The number of carbonyl (C=O) groups excluding carboxylic acids is 1. The Balaban J connectivity index is 1.61. The molecule has 1 aliphatic rings. The molecule has 1 heterocycles. The van der Waals surface area contributed by atoms with E-state index in [9.17, 15) is 18.0 Å². The first-order valence-electron chi connectivity index (χ1n) is 9.59. The molecule has 0 saturated heterocycles. The number of aromatic nitrogens is 2. The lowest BCUT2D eigenvalue weighted by Gasteiger charge is -2.19. The third-order valence-electron chi connectivity index (χ3n) is 5.09. The summed E-state index contributed by atoms with van der Waals surface area (Å²) in [5, 5.41) is 4.56. The van der Waals surface area contributed by atoms with Gasteiger partial charge in [0.15, 0.2) is 5.69 Å². The van der Waals surface area contributed by atoms with Crippen molar-refractivity contribution in [3.05, 3.63) is 77.1 Å². The third-order valence-corrected chi connectivity index (χ3v) is 5.09. The van der Waals surface area contributed by atoms with Crippen molar-refractivity contribution in [2.45, 2.75) is 32.2 Å². The van der Waals surface area contributed by atoms with Crippen LogP contribution in [0.25, 0.3) is 5.69 Å². The number of fused-ring (bicyclic) bond motifs is 1. The fourth-order valence-electron chi connectivity index (χ4n) is 3.76. The predicted octanol–water partition coefficient (Wildman–Crippen LogP) is 4.53. The molecule has 1 aromatic heterocycles. The van der Waals surface area contributed by atoms with Crippen molar-refractivity contribution in [2.24, 2.45) is 0 Å². The van der Waals surface area contributed by atoms with Crippen LogP contribution in [0, 0.1) is 0 Å². The Bertz CT molecular complexity index is 1060. The summed E-state index contributed by atoms with van der Waals surface area (Å²) >= 11 is 0. The molecule has 0 fully saturated rings. The average molecular weight is 415 g/mol. The molecule has 8 heteroatoms. The molecular formula is C22H20F3N3O2. The van der Waals surface area contributed by atoms with E-state index in [2.05, 4.69) is 9.84 Å². The number of para-hydroxylation sites is 2. The molecule has 0 saturated carbocycles. The van der Waals surface area contributed by atoms with Crippen LogP contribution in [0.5, 0.6) is 5.75 Å². The lowest BCUT2D eigenvalue weighted by atomic mass is 10.1. The van der Waals surface area contributed by atoms with Gasteiger partial charge in [-0.3, -0.25) is 4.79 Å². The van der Waals surface area contributed by atoms with Crippen molar-refractivity contribution in [3.8, 4) is 11.4 Å². The van der Waals surface area contributed by atoms with E-state index in [1.807, 2.05) is 30.3 Å². The summed E-state index contributed by atoms with van der Waals surface area (Å²) in [6, 6.07) is 15.4. The van der Waals surface area contributed by atoms with Gasteiger partial charge in [-0.2, -0.15) is 5.10 Å². The van der Waals surface area contributed by atoms with Crippen LogP contribution in [0.4, 0.5) is 13.2 Å². The first kappa shape index (κ1) is 20.0. The smallest absolute Gasteiger partial charge is 0.405 e. The highest BCUT2D eigenvalue weighted by Gasteiger charge is 2.33. The minimum Gasteiger partial charge on any atom is -0.405 e. The normalized spacial score (nSPS) is 13.2. The van der Waals surface area contributed by atoms with Crippen molar-refractivity contribution < 1.29 is 22.7 Å². The molecule has 5 nitrogen and oxygen atoms in total. The van der Waals surface area contributed by atoms with Gasteiger partial charge >= 0.3 is 6.36 Å². The highest BCUT2D eigenvalue weighted by atomic mass is 19.4. The van der Waals surface area contributed by atoms with Crippen molar-refractivity contribution in [3.63, 3.8) is 0 Å². The summed E-state index contributed by atoms with van der Waals surface area (Å²) in [6.07, 6.45) is -2.28. The molecule has 0 spiro atoms. The summed E-state index contributed by atoms with van der Waals surface area (Å²) in [6.45, 7) is -0.0297. The number of amides is 1. The van der Waals surface area contributed by atoms with Crippen LogP contribution in [-0.2, 0) is 19.4 Å². The van der Waals surface area contributed by atoms with Crippen LogP contribution in [0.15, 0.2) is 54.6 Å². The van der Waals surface area contributed by atoms with Gasteiger partial charge < -0.3 is 9.64 Å². The number of rotatable bonds is 5. The molecule has 1 aliphatic carbocycles. The molecule has 30 heavy (non-hydrogen) atoms. The number of benzene rings is 2. The van der Waals surface area contributed by atoms with Crippen LogP contribution >= 0.6 is 0 Å². The topological polar surface area (TPSA) is 47.4 Å². The molecule has 0 aliphatic heterocycles. The van der Waals surface area contributed by atoms with Gasteiger partial charge in [0.05, 0.1) is 5.69 Å². The number of ether oxygens (including phenoxy) is 1. The van der Waals surface area contributed by atoms with Gasteiger partial charge in [-0.25, -0.2) is 4.68 Å². The second kappa shape index (κ2) is 7.85. The largest absolute Gasteiger partial charge is 0.573 e. The monoisotopic (exact) mass is 415 g/mol. The van der Waals surface area contributed by atoms with Crippen LogP contribution in [-0.4, -0.2) is 34.0 Å². The molecule has 2 aromatic carbocycles. The molecule has 0 N–H and O–H groups in total. The SMILES string of the molecule is CN(Cc1ccccc1OC(F)(F)F)C(=O)c1nn(-c2ccccc2)c2c1CCC2.